The van der Waals surface area contributed by atoms with E-state index in [9.17, 15) is 13.2 Å². The summed E-state index contributed by atoms with van der Waals surface area (Å²) in [6.45, 7) is 5.46. The maximum Gasteiger partial charge on any atom is 0.261 e. The van der Waals surface area contributed by atoms with Gasteiger partial charge in [-0.2, -0.15) is 0 Å². The smallest absolute Gasteiger partial charge is 0.261 e. The highest BCUT2D eigenvalue weighted by Crippen LogP contribution is 2.25. The molecule has 150 valence electrons. The molecule has 0 aromatic heterocycles. The summed E-state index contributed by atoms with van der Waals surface area (Å²) in [6.07, 6.45) is 0. The van der Waals surface area contributed by atoms with Crippen LogP contribution in [0.15, 0.2) is 65.6 Å². The van der Waals surface area contributed by atoms with Crippen molar-refractivity contribution in [2.75, 3.05) is 10.0 Å². The Morgan fingerprint density at radius 2 is 1.59 bits per heavy atom. The molecule has 1 amide bonds. The van der Waals surface area contributed by atoms with E-state index in [0.29, 0.717) is 27.5 Å². The SMILES string of the molecule is Cc1ccc(S(=O)(=O)Nc2ccc(C(=O)Nc3cccc(Cl)c3C)cc2C)cc1. The highest BCUT2D eigenvalue weighted by atomic mass is 35.5. The third kappa shape index (κ3) is 4.78. The van der Waals surface area contributed by atoms with Gasteiger partial charge in [-0.3, -0.25) is 9.52 Å². The fourth-order valence-electron chi connectivity index (χ4n) is 2.78. The van der Waals surface area contributed by atoms with Gasteiger partial charge in [0.1, 0.15) is 0 Å². The van der Waals surface area contributed by atoms with Gasteiger partial charge in [-0.05, 0) is 74.4 Å². The zero-order valence-corrected chi connectivity index (χ0v) is 17.9. The predicted molar refractivity (Wildman–Crippen MR) is 117 cm³/mol. The van der Waals surface area contributed by atoms with Gasteiger partial charge in [-0.15, -0.1) is 0 Å². The molecule has 3 aromatic rings. The number of aryl methyl sites for hydroxylation is 2. The van der Waals surface area contributed by atoms with E-state index in [1.807, 2.05) is 13.8 Å². The molecule has 3 rings (SSSR count). The summed E-state index contributed by atoms with van der Waals surface area (Å²) in [5, 5.41) is 3.40. The number of carbonyl (C=O) groups excluding carboxylic acids is 1. The second-order valence-electron chi connectivity index (χ2n) is 6.81. The first-order chi connectivity index (χ1) is 13.7. The van der Waals surface area contributed by atoms with Gasteiger partial charge in [0.25, 0.3) is 15.9 Å². The van der Waals surface area contributed by atoms with Crippen LogP contribution in [0, 0.1) is 20.8 Å². The lowest BCUT2D eigenvalue weighted by Crippen LogP contribution is -2.15. The summed E-state index contributed by atoms with van der Waals surface area (Å²) in [4.78, 5) is 12.8. The third-order valence-corrected chi connectivity index (χ3v) is 6.37. The Morgan fingerprint density at radius 3 is 2.24 bits per heavy atom. The van der Waals surface area contributed by atoms with Gasteiger partial charge >= 0.3 is 0 Å². The van der Waals surface area contributed by atoms with Crippen LogP contribution in [0.2, 0.25) is 5.02 Å². The molecule has 0 aliphatic rings. The molecule has 0 spiro atoms. The van der Waals surface area contributed by atoms with Crippen LogP contribution in [-0.2, 0) is 10.0 Å². The van der Waals surface area contributed by atoms with Crippen molar-refractivity contribution in [2.45, 2.75) is 25.7 Å². The van der Waals surface area contributed by atoms with Crippen LogP contribution in [0.1, 0.15) is 27.0 Å². The molecule has 0 saturated carbocycles. The second kappa shape index (κ2) is 8.27. The number of halogens is 1. The van der Waals surface area contributed by atoms with Crippen LogP contribution < -0.4 is 10.0 Å². The van der Waals surface area contributed by atoms with E-state index in [-0.39, 0.29) is 10.8 Å². The lowest BCUT2D eigenvalue weighted by molar-refractivity contribution is 0.102. The maximum absolute atomic E-state index is 12.6. The van der Waals surface area contributed by atoms with Crippen molar-refractivity contribution >= 4 is 38.9 Å². The largest absolute Gasteiger partial charge is 0.322 e. The van der Waals surface area contributed by atoms with E-state index in [4.69, 9.17) is 11.6 Å². The molecular formula is C22H21ClN2O3S. The first kappa shape index (κ1) is 20.9. The number of anilines is 2. The van der Waals surface area contributed by atoms with Crippen molar-refractivity contribution in [3.63, 3.8) is 0 Å². The number of benzene rings is 3. The van der Waals surface area contributed by atoms with Crippen molar-refractivity contribution < 1.29 is 13.2 Å². The maximum atomic E-state index is 12.6. The molecule has 29 heavy (non-hydrogen) atoms. The number of hydrogen-bond acceptors (Lipinski definition) is 3. The lowest BCUT2D eigenvalue weighted by Gasteiger charge is -2.13. The molecule has 7 heteroatoms. The van der Waals surface area contributed by atoms with Crippen LogP contribution in [0.4, 0.5) is 11.4 Å². The number of rotatable bonds is 5. The van der Waals surface area contributed by atoms with E-state index in [1.165, 1.54) is 0 Å². The predicted octanol–water partition coefficient (Wildman–Crippen LogP) is 5.32. The molecule has 5 nitrogen and oxygen atoms in total. The van der Waals surface area contributed by atoms with Crippen LogP contribution in [-0.4, -0.2) is 14.3 Å². The standard InChI is InChI=1S/C22H21ClN2O3S/c1-14-7-10-18(11-8-14)29(27,28)25-20-12-9-17(13-15(20)2)22(26)24-21-6-4-5-19(23)16(21)3/h4-13,25H,1-3H3,(H,24,26). The molecule has 0 bridgehead atoms. The van der Waals surface area contributed by atoms with Gasteiger partial charge in [0.2, 0.25) is 0 Å². The summed E-state index contributed by atoms with van der Waals surface area (Å²) in [6, 6.07) is 16.7. The quantitative estimate of drug-likeness (QED) is 0.577. The Balaban J connectivity index is 1.80. The zero-order valence-electron chi connectivity index (χ0n) is 16.3. The number of amides is 1. The molecule has 0 fully saturated rings. The van der Waals surface area contributed by atoms with E-state index < -0.39 is 10.0 Å². The van der Waals surface area contributed by atoms with Gasteiger partial charge in [0, 0.05) is 16.3 Å². The van der Waals surface area contributed by atoms with E-state index in [1.54, 1.807) is 67.6 Å². The Hall–Kier alpha value is -2.83. The Morgan fingerprint density at radius 1 is 0.897 bits per heavy atom. The van der Waals surface area contributed by atoms with Crippen molar-refractivity contribution in [1.29, 1.82) is 0 Å². The van der Waals surface area contributed by atoms with Crippen LogP contribution in [0.25, 0.3) is 0 Å². The molecular weight excluding hydrogens is 408 g/mol. The number of hydrogen-bond donors (Lipinski definition) is 2. The molecule has 0 aliphatic carbocycles. The third-order valence-electron chi connectivity index (χ3n) is 4.58. The Kier molecular flexibility index (Phi) is 5.96. The van der Waals surface area contributed by atoms with Gasteiger partial charge in [0.15, 0.2) is 0 Å². The van der Waals surface area contributed by atoms with Gasteiger partial charge in [-0.1, -0.05) is 35.4 Å². The van der Waals surface area contributed by atoms with Gasteiger partial charge in [-0.25, -0.2) is 8.42 Å². The normalized spacial score (nSPS) is 11.2. The first-order valence-corrected chi connectivity index (χ1v) is 10.8. The second-order valence-corrected chi connectivity index (χ2v) is 8.90. The van der Waals surface area contributed by atoms with E-state index >= 15 is 0 Å². The molecule has 3 aromatic carbocycles. The molecule has 0 atom stereocenters. The topological polar surface area (TPSA) is 75.3 Å². The summed E-state index contributed by atoms with van der Waals surface area (Å²) < 4.78 is 27.8. The van der Waals surface area contributed by atoms with Crippen LogP contribution >= 0.6 is 11.6 Å². The van der Waals surface area contributed by atoms with Crippen LogP contribution in [0.5, 0.6) is 0 Å². The fraction of sp³-hybridized carbons (Fsp3) is 0.136. The summed E-state index contributed by atoms with van der Waals surface area (Å²) in [5.74, 6) is -0.300. The van der Waals surface area contributed by atoms with Crippen molar-refractivity contribution in [3.05, 3.63) is 87.9 Å². The molecule has 0 unspecified atom stereocenters. The first-order valence-electron chi connectivity index (χ1n) is 8.94. The minimum absolute atomic E-state index is 0.181. The molecule has 0 radical (unpaired) electrons. The number of carbonyl (C=O) groups is 1. The van der Waals surface area contributed by atoms with Gasteiger partial charge in [0.05, 0.1) is 10.6 Å². The average molecular weight is 429 g/mol. The average Bonchev–Trinajstić information content (AvgIpc) is 2.67. The molecule has 0 saturated heterocycles. The van der Waals surface area contributed by atoms with Gasteiger partial charge < -0.3 is 5.32 Å². The van der Waals surface area contributed by atoms with Crippen LogP contribution in [0.3, 0.4) is 0 Å². The minimum Gasteiger partial charge on any atom is -0.322 e. The summed E-state index contributed by atoms with van der Waals surface area (Å²) in [5.41, 5.74) is 3.86. The van der Waals surface area contributed by atoms with Crippen molar-refractivity contribution in [1.82, 2.24) is 0 Å². The Bertz CT molecular complexity index is 1170. The Labute approximate surface area is 175 Å². The van der Waals surface area contributed by atoms with Crippen molar-refractivity contribution in [3.8, 4) is 0 Å². The molecule has 2 N–H and O–H groups in total. The summed E-state index contributed by atoms with van der Waals surface area (Å²) in [7, 11) is -3.71. The lowest BCUT2D eigenvalue weighted by atomic mass is 10.1. The fourth-order valence-corrected chi connectivity index (χ4v) is 4.08. The number of nitrogens with one attached hydrogen (secondary N) is 2. The highest BCUT2D eigenvalue weighted by molar-refractivity contribution is 7.92. The minimum atomic E-state index is -3.71. The number of sulfonamides is 1. The monoisotopic (exact) mass is 428 g/mol. The summed E-state index contributed by atoms with van der Waals surface area (Å²) >= 11 is 6.09. The highest BCUT2D eigenvalue weighted by Gasteiger charge is 2.16. The van der Waals surface area contributed by atoms with Crippen molar-refractivity contribution in [2.24, 2.45) is 0 Å². The molecule has 0 aliphatic heterocycles. The van der Waals surface area contributed by atoms with E-state index in [2.05, 4.69) is 10.0 Å². The molecule has 0 heterocycles. The zero-order chi connectivity index (χ0) is 21.2. The van der Waals surface area contributed by atoms with E-state index in [0.717, 1.165) is 11.1 Å².